The fraction of sp³-hybridized carbons (Fsp3) is 0.526. The second-order valence-corrected chi connectivity index (χ2v) is 9.71. The van der Waals surface area contributed by atoms with Gasteiger partial charge in [-0.3, -0.25) is 0 Å². The Morgan fingerprint density at radius 1 is 1.15 bits per heavy atom. The lowest BCUT2D eigenvalue weighted by molar-refractivity contribution is 0.151. The van der Waals surface area contributed by atoms with Crippen molar-refractivity contribution in [3.05, 3.63) is 42.4 Å². The third-order valence-electron chi connectivity index (χ3n) is 6.85. The van der Waals surface area contributed by atoms with Crippen molar-refractivity contribution in [3.8, 4) is 11.3 Å². The molecule has 1 saturated carbocycles. The van der Waals surface area contributed by atoms with Gasteiger partial charge in [-0.25, -0.2) is 10.1 Å². The predicted molar refractivity (Wildman–Crippen MR) is 99.5 cm³/mol. The number of hydrogen-bond acceptors (Lipinski definition) is 3. The van der Waals surface area contributed by atoms with Gasteiger partial charge in [0.25, 0.3) is 10.2 Å². The van der Waals surface area contributed by atoms with Crippen molar-refractivity contribution in [3.63, 3.8) is 0 Å². The summed E-state index contributed by atoms with van der Waals surface area (Å²) in [4.78, 5) is 4.38. The average Bonchev–Trinajstić information content (AvgIpc) is 3.29. The van der Waals surface area contributed by atoms with E-state index in [2.05, 4.69) is 33.8 Å². The van der Waals surface area contributed by atoms with Crippen LogP contribution >= 0.6 is 0 Å². The van der Waals surface area contributed by atoms with Crippen molar-refractivity contribution in [2.75, 3.05) is 13.1 Å². The average molecular weight is 372 g/mol. The quantitative estimate of drug-likeness (QED) is 0.879. The molecule has 1 aliphatic carbocycles. The van der Waals surface area contributed by atoms with E-state index in [1.807, 2.05) is 12.5 Å². The highest BCUT2D eigenvalue weighted by Gasteiger charge is 2.47. The van der Waals surface area contributed by atoms with Gasteiger partial charge in [-0.2, -0.15) is 12.7 Å². The van der Waals surface area contributed by atoms with Crippen LogP contribution in [0.15, 0.2) is 36.8 Å². The maximum atomic E-state index is 11.6. The van der Waals surface area contributed by atoms with Gasteiger partial charge in [0.15, 0.2) is 0 Å². The second-order valence-electron chi connectivity index (χ2n) is 8.17. The van der Waals surface area contributed by atoms with Gasteiger partial charge in [0.05, 0.1) is 24.3 Å². The monoisotopic (exact) mass is 372 g/mol. The van der Waals surface area contributed by atoms with Crippen molar-refractivity contribution >= 4 is 10.2 Å². The molecule has 0 bridgehead atoms. The molecule has 3 aliphatic rings. The first-order valence-corrected chi connectivity index (χ1v) is 10.9. The molecule has 0 radical (unpaired) electrons. The van der Waals surface area contributed by atoms with Crippen LogP contribution in [-0.4, -0.2) is 35.4 Å². The highest BCUT2D eigenvalue weighted by molar-refractivity contribution is 7.86. The number of nitrogens with zero attached hydrogens (tertiary/aromatic N) is 3. The van der Waals surface area contributed by atoms with Crippen LogP contribution in [0.1, 0.15) is 43.7 Å². The standard InChI is InChI=1S/C19H24N4O2S/c20-26(24,25)22-9-7-19(8-10-22)6-5-14(11-19)18-16-4-2-1-3-15(16)17-12-21-13-23(17)18/h1-4,12-14,18H,5-11H2,(H2,20,24,25). The Kier molecular flexibility index (Phi) is 3.58. The Balaban J connectivity index is 1.39. The first-order chi connectivity index (χ1) is 12.5. The van der Waals surface area contributed by atoms with E-state index in [0.29, 0.717) is 25.0 Å². The number of rotatable bonds is 2. The van der Waals surface area contributed by atoms with E-state index in [-0.39, 0.29) is 5.41 Å². The Morgan fingerprint density at radius 2 is 1.92 bits per heavy atom. The molecule has 0 amide bonds. The summed E-state index contributed by atoms with van der Waals surface area (Å²) < 4.78 is 27.0. The summed E-state index contributed by atoms with van der Waals surface area (Å²) in [5.74, 6) is 0.577. The number of benzene rings is 1. The Morgan fingerprint density at radius 3 is 2.69 bits per heavy atom. The molecule has 2 aliphatic heterocycles. The van der Waals surface area contributed by atoms with Gasteiger partial charge in [0, 0.05) is 18.7 Å². The molecule has 6 nitrogen and oxygen atoms in total. The van der Waals surface area contributed by atoms with E-state index in [1.54, 1.807) is 0 Å². The van der Waals surface area contributed by atoms with Gasteiger partial charge in [-0.1, -0.05) is 24.3 Å². The second kappa shape index (κ2) is 5.65. The molecule has 1 spiro atoms. The maximum Gasteiger partial charge on any atom is 0.276 e. The highest BCUT2D eigenvalue weighted by atomic mass is 32.2. The summed E-state index contributed by atoms with van der Waals surface area (Å²) in [6.45, 7) is 1.12. The van der Waals surface area contributed by atoms with E-state index in [4.69, 9.17) is 5.14 Å². The van der Waals surface area contributed by atoms with Crippen LogP contribution in [0.2, 0.25) is 0 Å². The Labute approximate surface area is 154 Å². The molecule has 1 saturated heterocycles. The molecular formula is C19H24N4O2S. The summed E-state index contributed by atoms with van der Waals surface area (Å²) in [5.41, 5.74) is 4.20. The number of aromatic nitrogens is 2. The minimum atomic E-state index is -3.55. The Bertz CT molecular complexity index is 944. The number of fused-ring (bicyclic) bond motifs is 3. The first-order valence-electron chi connectivity index (χ1n) is 9.36. The van der Waals surface area contributed by atoms with Crippen LogP contribution in [0.3, 0.4) is 0 Å². The molecule has 3 heterocycles. The van der Waals surface area contributed by atoms with Crippen LogP contribution < -0.4 is 5.14 Å². The molecule has 7 heteroatoms. The van der Waals surface area contributed by atoms with Gasteiger partial charge in [-0.15, -0.1) is 0 Å². The van der Waals surface area contributed by atoms with Crippen molar-refractivity contribution in [2.24, 2.45) is 16.5 Å². The molecule has 1 aromatic carbocycles. The van der Waals surface area contributed by atoms with Gasteiger partial charge in [0.1, 0.15) is 0 Å². The largest absolute Gasteiger partial charge is 0.323 e. The molecule has 2 atom stereocenters. The first kappa shape index (κ1) is 16.5. The predicted octanol–water partition coefficient (Wildman–Crippen LogP) is 2.54. The molecule has 2 N–H and O–H groups in total. The minimum Gasteiger partial charge on any atom is -0.323 e. The Hall–Kier alpha value is -1.70. The highest BCUT2D eigenvalue weighted by Crippen LogP contribution is 2.55. The van der Waals surface area contributed by atoms with Gasteiger partial charge >= 0.3 is 0 Å². The van der Waals surface area contributed by atoms with Crippen LogP contribution in [0, 0.1) is 11.3 Å². The van der Waals surface area contributed by atoms with Crippen molar-refractivity contribution < 1.29 is 8.42 Å². The number of nitrogens with two attached hydrogens (primary N) is 1. The van der Waals surface area contributed by atoms with Gasteiger partial charge in [-0.05, 0) is 49.0 Å². The normalized spacial score (nSPS) is 27.6. The van der Waals surface area contributed by atoms with E-state index in [0.717, 1.165) is 19.3 Å². The third kappa shape index (κ3) is 2.45. The van der Waals surface area contributed by atoms with Crippen LogP contribution in [0.5, 0.6) is 0 Å². The van der Waals surface area contributed by atoms with E-state index >= 15 is 0 Å². The van der Waals surface area contributed by atoms with Crippen LogP contribution in [0.4, 0.5) is 0 Å². The van der Waals surface area contributed by atoms with Crippen molar-refractivity contribution in [2.45, 2.75) is 38.1 Å². The lowest BCUT2D eigenvalue weighted by Gasteiger charge is -2.38. The minimum absolute atomic E-state index is 0.268. The molecular weight excluding hydrogens is 348 g/mol. The van der Waals surface area contributed by atoms with E-state index < -0.39 is 10.2 Å². The smallest absolute Gasteiger partial charge is 0.276 e. The van der Waals surface area contributed by atoms with Crippen LogP contribution in [0.25, 0.3) is 11.3 Å². The summed E-state index contributed by atoms with van der Waals surface area (Å²) in [6, 6.07) is 9.03. The summed E-state index contributed by atoms with van der Waals surface area (Å²) in [5, 5.41) is 5.31. The van der Waals surface area contributed by atoms with Crippen molar-refractivity contribution in [1.82, 2.24) is 13.9 Å². The zero-order valence-electron chi connectivity index (χ0n) is 14.7. The van der Waals surface area contributed by atoms with Crippen LogP contribution in [-0.2, 0) is 10.2 Å². The fourth-order valence-corrected chi connectivity index (χ4v) is 6.24. The third-order valence-corrected chi connectivity index (χ3v) is 7.94. The molecule has 5 rings (SSSR count). The zero-order valence-corrected chi connectivity index (χ0v) is 15.5. The fourth-order valence-electron chi connectivity index (χ4n) is 5.54. The van der Waals surface area contributed by atoms with Gasteiger partial charge < -0.3 is 4.57 Å². The molecule has 2 fully saturated rings. The number of hydrogen-bond donors (Lipinski definition) is 1. The summed E-state index contributed by atoms with van der Waals surface area (Å²) >= 11 is 0. The molecule has 1 aromatic heterocycles. The maximum absolute atomic E-state index is 11.6. The SMILES string of the molecule is NS(=O)(=O)N1CCC2(CCC(C3c4ccccc4-c4cncn43)C2)CC1. The zero-order chi connectivity index (χ0) is 17.9. The lowest BCUT2D eigenvalue weighted by atomic mass is 9.76. The summed E-state index contributed by atoms with van der Waals surface area (Å²) in [7, 11) is -3.55. The summed E-state index contributed by atoms with van der Waals surface area (Å²) in [6.07, 6.45) is 9.30. The molecule has 2 aromatic rings. The number of piperidine rings is 1. The van der Waals surface area contributed by atoms with E-state index in [1.165, 1.54) is 34.0 Å². The number of imidazole rings is 1. The van der Waals surface area contributed by atoms with Crippen molar-refractivity contribution in [1.29, 1.82) is 0 Å². The van der Waals surface area contributed by atoms with Gasteiger partial charge in [0.2, 0.25) is 0 Å². The van der Waals surface area contributed by atoms with E-state index in [9.17, 15) is 8.42 Å². The molecule has 2 unspecified atom stereocenters. The molecule has 26 heavy (non-hydrogen) atoms. The topological polar surface area (TPSA) is 81.2 Å². The lowest BCUT2D eigenvalue weighted by Crippen LogP contribution is -2.45. The molecule has 138 valence electrons.